The lowest BCUT2D eigenvalue weighted by Crippen LogP contribution is -2.44. The molecule has 232 valence electrons. The highest BCUT2D eigenvalue weighted by Gasteiger charge is 2.37. The van der Waals surface area contributed by atoms with Crippen LogP contribution in [0.2, 0.25) is 0 Å². The van der Waals surface area contributed by atoms with E-state index in [0.29, 0.717) is 25.8 Å². The number of aliphatic carboxylic acids is 1. The molecular formula is C30H40F4N4O4. The fraction of sp³-hybridized carbons (Fsp3) is 0.567. The number of aromatic nitrogens is 1. The van der Waals surface area contributed by atoms with Gasteiger partial charge in [-0.15, -0.1) is 0 Å². The molecule has 1 aromatic heterocycles. The molecule has 0 bridgehead atoms. The van der Waals surface area contributed by atoms with Crippen molar-refractivity contribution in [2.45, 2.75) is 77.1 Å². The number of benzene rings is 1. The second-order valence-electron chi connectivity index (χ2n) is 11.4. The Hall–Kier alpha value is -3.25. The summed E-state index contributed by atoms with van der Waals surface area (Å²) >= 11 is 0. The minimum absolute atomic E-state index is 0.0928. The zero-order valence-electron chi connectivity index (χ0n) is 24.3. The van der Waals surface area contributed by atoms with E-state index in [1.54, 1.807) is 0 Å². The van der Waals surface area contributed by atoms with Crippen LogP contribution >= 0.6 is 0 Å². The number of carboxylic acid groups (broad SMARTS) is 1. The number of hydrogen-bond donors (Lipinski definition) is 3. The van der Waals surface area contributed by atoms with Gasteiger partial charge in [0.15, 0.2) is 0 Å². The molecule has 2 aromatic rings. The third-order valence-corrected chi connectivity index (χ3v) is 6.94. The summed E-state index contributed by atoms with van der Waals surface area (Å²) in [6.07, 6.45) is -0.563. The molecule has 42 heavy (non-hydrogen) atoms. The van der Waals surface area contributed by atoms with Crippen LogP contribution in [0, 0.1) is 5.82 Å². The third-order valence-electron chi connectivity index (χ3n) is 6.94. The number of aryl methyl sites for hydroxylation is 2. The number of carbonyl (C=O) groups excluding carboxylic acids is 1. The molecule has 1 aliphatic rings. The Morgan fingerprint density at radius 3 is 2.57 bits per heavy atom. The van der Waals surface area contributed by atoms with Crippen LogP contribution in [0.5, 0.6) is 0 Å². The van der Waals surface area contributed by atoms with Crippen molar-refractivity contribution in [2.75, 3.05) is 38.1 Å². The largest absolute Gasteiger partial charge is 0.480 e. The zero-order valence-corrected chi connectivity index (χ0v) is 24.3. The van der Waals surface area contributed by atoms with E-state index in [1.807, 2.05) is 31.7 Å². The Morgan fingerprint density at radius 2 is 1.88 bits per heavy atom. The van der Waals surface area contributed by atoms with Crippen LogP contribution in [-0.2, 0) is 28.5 Å². The Balaban J connectivity index is 1.60. The van der Waals surface area contributed by atoms with Crippen LogP contribution in [0.15, 0.2) is 30.3 Å². The number of fused-ring (bicyclic) bond motifs is 1. The summed E-state index contributed by atoms with van der Waals surface area (Å²) in [5, 5.41) is 15.1. The van der Waals surface area contributed by atoms with Crippen LogP contribution < -0.4 is 10.6 Å². The van der Waals surface area contributed by atoms with Crippen molar-refractivity contribution in [3.63, 3.8) is 0 Å². The van der Waals surface area contributed by atoms with E-state index in [0.717, 1.165) is 62.3 Å². The number of amides is 1. The van der Waals surface area contributed by atoms with Crippen LogP contribution in [0.3, 0.4) is 0 Å². The van der Waals surface area contributed by atoms with E-state index in [9.17, 15) is 32.3 Å². The van der Waals surface area contributed by atoms with Gasteiger partial charge in [-0.2, -0.15) is 13.2 Å². The number of nitrogens with one attached hydrogen (secondary N) is 2. The van der Waals surface area contributed by atoms with Crippen molar-refractivity contribution in [1.82, 2.24) is 15.2 Å². The first-order valence-corrected chi connectivity index (χ1v) is 14.2. The van der Waals surface area contributed by atoms with E-state index >= 15 is 0 Å². The van der Waals surface area contributed by atoms with Gasteiger partial charge >= 0.3 is 12.1 Å². The fourth-order valence-corrected chi connectivity index (χ4v) is 4.76. The molecule has 0 saturated heterocycles. The molecule has 2 heterocycles. The van der Waals surface area contributed by atoms with Crippen LogP contribution in [0.25, 0.3) is 0 Å². The first kappa shape index (κ1) is 33.3. The number of nitrogens with zero attached hydrogens (tertiary/aromatic N) is 2. The van der Waals surface area contributed by atoms with E-state index in [-0.39, 0.29) is 18.6 Å². The lowest BCUT2D eigenvalue weighted by Gasteiger charge is -2.27. The number of anilines is 1. The zero-order chi connectivity index (χ0) is 30.9. The average molecular weight is 597 g/mol. The van der Waals surface area contributed by atoms with Gasteiger partial charge in [-0.05, 0) is 89.6 Å². The Morgan fingerprint density at radius 1 is 1.12 bits per heavy atom. The van der Waals surface area contributed by atoms with E-state index in [1.165, 1.54) is 5.56 Å². The Labute approximate surface area is 243 Å². The van der Waals surface area contributed by atoms with Gasteiger partial charge in [0.25, 0.3) is 5.91 Å². The van der Waals surface area contributed by atoms with Crippen molar-refractivity contribution >= 4 is 17.7 Å². The molecule has 1 atom stereocenters. The summed E-state index contributed by atoms with van der Waals surface area (Å²) in [6.45, 7) is 8.40. The third kappa shape index (κ3) is 10.2. The average Bonchev–Trinajstić information content (AvgIpc) is 2.91. The predicted molar refractivity (Wildman–Crippen MR) is 151 cm³/mol. The molecule has 0 saturated carbocycles. The van der Waals surface area contributed by atoms with Gasteiger partial charge in [0, 0.05) is 25.3 Å². The first-order valence-electron chi connectivity index (χ1n) is 14.2. The molecule has 0 spiro atoms. The minimum atomic E-state index is -4.98. The van der Waals surface area contributed by atoms with Crippen molar-refractivity contribution in [3.8, 4) is 0 Å². The summed E-state index contributed by atoms with van der Waals surface area (Å²) in [4.78, 5) is 31.3. The normalized spacial score (nSPS) is 14.3. The maximum Gasteiger partial charge on any atom is 0.417 e. The molecule has 8 nitrogen and oxygen atoms in total. The summed E-state index contributed by atoms with van der Waals surface area (Å²) in [5.74, 6) is -3.29. The van der Waals surface area contributed by atoms with Crippen LogP contribution in [0.4, 0.5) is 23.4 Å². The number of pyridine rings is 1. The Bertz CT molecular complexity index is 1220. The van der Waals surface area contributed by atoms with E-state index < -0.39 is 41.0 Å². The monoisotopic (exact) mass is 596 g/mol. The quantitative estimate of drug-likeness (QED) is 0.201. The summed E-state index contributed by atoms with van der Waals surface area (Å²) in [5.41, 5.74) is -0.844. The second-order valence-corrected chi connectivity index (χ2v) is 11.4. The van der Waals surface area contributed by atoms with Gasteiger partial charge in [0.2, 0.25) is 0 Å². The van der Waals surface area contributed by atoms with Crippen molar-refractivity contribution < 1.29 is 37.0 Å². The number of hydrogen-bond acceptors (Lipinski definition) is 6. The molecule has 0 aliphatic carbocycles. The summed E-state index contributed by atoms with van der Waals surface area (Å²) < 4.78 is 60.3. The Kier molecular flexibility index (Phi) is 11.7. The number of halogens is 4. The molecular weight excluding hydrogens is 556 g/mol. The standard InChI is InChI=1S/C30H40F4N4O4/c1-29(2,3)42-19-18-38(16-5-4-9-21-13-12-20-8-7-15-35-26(20)36-21)17-14-24(28(40)41)37-27(39)25-22(30(32,33)34)10-6-11-23(25)31/h6,10-13,24H,4-5,7-9,14-19H2,1-3H3,(H,35,36)(H,37,39)(H,40,41). The van der Waals surface area contributed by atoms with Gasteiger partial charge in [-0.25, -0.2) is 14.2 Å². The van der Waals surface area contributed by atoms with Crippen LogP contribution in [-0.4, -0.2) is 71.3 Å². The number of carboxylic acids is 1. The lowest BCUT2D eigenvalue weighted by molar-refractivity contribution is -0.139. The molecule has 1 amide bonds. The number of alkyl halides is 3. The predicted octanol–water partition coefficient (Wildman–Crippen LogP) is 5.31. The van der Waals surface area contributed by atoms with Gasteiger partial charge in [0.1, 0.15) is 17.7 Å². The van der Waals surface area contributed by atoms with Gasteiger partial charge in [-0.3, -0.25) is 4.79 Å². The highest BCUT2D eigenvalue weighted by Crippen LogP contribution is 2.33. The van der Waals surface area contributed by atoms with Crippen molar-refractivity contribution in [3.05, 3.63) is 58.5 Å². The molecule has 3 rings (SSSR count). The lowest BCUT2D eigenvalue weighted by atomic mass is 10.0. The summed E-state index contributed by atoms with van der Waals surface area (Å²) in [6, 6.07) is 4.80. The van der Waals surface area contributed by atoms with Crippen LogP contribution in [0.1, 0.15) is 73.6 Å². The van der Waals surface area contributed by atoms with E-state index in [4.69, 9.17) is 9.72 Å². The number of carbonyl (C=O) groups is 2. The molecule has 3 N–H and O–H groups in total. The van der Waals surface area contributed by atoms with Gasteiger partial charge < -0.3 is 25.4 Å². The van der Waals surface area contributed by atoms with Crippen molar-refractivity contribution in [2.24, 2.45) is 0 Å². The highest BCUT2D eigenvalue weighted by atomic mass is 19.4. The number of rotatable bonds is 14. The molecule has 12 heteroatoms. The smallest absolute Gasteiger partial charge is 0.417 e. The van der Waals surface area contributed by atoms with Gasteiger partial charge in [-0.1, -0.05) is 12.1 Å². The second kappa shape index (κ2) is 14.8. The maximum atomic E-state index is 14.3. The molecule has 1 aromatic carbocycles. The maximum absolute atomic E-state index is 14.3. The summed E-state index contributed by atoms with van der Waals surface area (Å²) in [7, 11) is 0. The number of ether oxygens (including phenoxy) is 1. The highest BCUT2D eigenvalue weighted by molar-refractivity contribution is 5.98. The van der Waals surface area contributed by atoms with E-state index in [2.05, 4.69) is 16.7 Å². The molecule has 1 unspecified atom stereocenters. The number of unbranched alkanes of at least 4 members (excludes halogenated alkanes) is 1. The fourth-order valence-electron chi connectivity index (χ4n) is 4.76. The van der Waals surface area contributed by atoms with Crippen molar-refractivity contribution in [1.29, 1.82) is 0 Å². The topological polar surface area (TPSA) is 104 Å². The molecule has 1 aliphatic heterocycles. The minimum Gasteiger partial charge on any atom is -0.480 e. The molecule has 0 radical (unpaired) electrons. The SMILES string of the molecule is CC(C)(C)OCCN(CCCCc1ccc2c(n1)NCCC2)CCC(NC(=O)c1c(F)cccc1C(F)(F)F)C(=O)O. The van der Waals surface area contributed by atoms with Gasteiger partial charge in [0.05, 0.1) is 23.3 Å². The first-order chi connectivity index (χ1) is 19.7. The molecule has 0 fully saturated rings.